The summed E-state index contributed by atoms with van der Waals surface area (Å²) in [7, 11) is 0. The highest BCUT2D eigenvalue weighted by Gasteiger charge is 2.43. The van der Waals surface area contributed by atoms with E-state index in [1.807, 2.05) is 0 Å². The van der Waals surface area contributed by atoms with E-state index in [2.05, 4.69) is 77.9 Å². The van der Waals surface area contributed by atoms with Crippen molar-refractivity contribution in [2.24, 2.45) is 5.41 Å². The Morgan fingerprint density at radius 2 is 1.57 bits per heavy atom. The van der Waals surface area contributed by atoms with Gasteiger partial charge in [-0.25, -0.2) is 0 Å². The molecule has 194 valence electrons. The van der Waals surface area contributed by atoms with Gasteiger partial charge in [-0.05, 0) is 98.1 Å². The first kappa shape index (κ1) is 28.9. The molecule has 35 heavy (non-hydrogen) atoms. The molecule has 1 atom stereocenters. The number of carbonyl (C=O) groups is 1. The lowest BCUT2D eigenvalue weighted by atomic mass is 9.69. The van der Waals surface area contributed by atoms with Gasteiger partial charge in [-0.15, -0.1) is 0 Å². The van der Waals surface area contributed by atoms with Crippen molar-refractivity contribution in [2.75, 3.05) is 6.61 Å². The van der Waals surface area contributed by atoms with Crippen LogP contribution in [0, 0.1) is 19.3 Å². The van der Waals surface area contributed by atoms with Gasteiger partial charge in [-0.2, -0.15) is 0 Å². The van der Waals surface area contributed by atoms with Crippen molar-refractivity contribution < 1.29 is 19.7 Å². The summed E-state index contributed by atoms with van der Waals surface area (Å²) in [4.78, 5) is 9.00. The molecule has 2 aromatic carbocycles. The molecular weight excluding hydrogens is 436 g/mol. The Bertz CT molecular complexity index is 966. The van der Waals surface area contributed by atoms with Gasteiger partial charge in [-0.3, -0.25) is 4.79 Å². The zero-order valence-electron chi connectivity index (χ0n) is 22.9. The minimum atomic E-state index is -0.833. The second-order valence-electron chi connectivity index (χ2n) is 10.5. The van der Waals surface area contributed by atoms with E-state index < -0.39 is 5.97 Å². The number of aliphatic hydroxyl groups is 1. The van der Waals surface area contributed by atoms with Crippen molar-refractivity contribution in [3.63, 3.8) is 0 Å². The number of hydrogen-bond acceptors (Lipinski definition) is 3. The molecule has 0 aliphatic heterocycles. The van der Waals surface area contributed by atoms with Crippen molar-refractivity contribution in [3.05, 3.63) is 64.2 Å². The first-order valence-corrected chi connectivity index (χ1v) is 13.2. The zero-order chi connectivity index (χ0) is 26.2. The molecule has 1 fully saturated rings. The molecule has 2 aromatic rings. The molecule has 0 bridgehead atoms. The smallest absolute Gasteiger partial charge is 0.300 e. The van der Waals surface area contributed by atoms with Crippen molar-refractivity contribution in [1.82, 2.24) is 0 Å². The minimum Gasteiger partial charge on any atom is -0.493 e. The fraction of sp³-hybridized carbons (Fsp3) is 0.581. The van der Waals surface area contributed by atoms with Crippen molar-refractivity contribution in [1.29, 1.82) is 0 Å². The van der Waals surface area contributed by atoms with Crippen LogP contribution in [0.5, 0.6) is 5.75 Å². The maximum atomic E-state index is 10.5. The molecule has 1 saturated carbocycles. The van der Waals surface area contributed by atoms with Crippen LogP contribution in [0.15, 0.2) is 36.4 Å². The molecule has 1 aliphatic rings. The quantitative estimate of drug-likeness (QED) is 0.350. The Hall–Kier alpha value is -2.33. The van der Waals surface area contributed by atoms with E-state index in [0.717, 1.165) is 51.4 Å². The van der Waals surface area contributed by atoms with E-state index in [1.54, 1.807) is 0 Å². The lowest BCUT2D eigenvalue weighted by Gasteiger charge is -2.34. The third kappa shape index (κ3) is 7.33. The first-order valence-electron chi connectivity index (χ1n) is 13.2. The number of aryl methyl sites for hydroxylation is 3. The van der Waals surface area contributed by atoms with Crippen LogP contribution >= 0.6 is 0 Å². The largest absolute Gasteiger partial charge is 0.493 e. The SMILES string of the molecule is CC(=O)O.CCCOc1ccc(C(CC)(CC)c2ccc(CCC(O)C3(C)CC3)c(C)c2)cc1C. The summed E-state index contributed by atoms with van der Waals surface area (Å²) < 4.78 is 5.92. The summed E-state index contributed by atoms with van der Waals surface area (Å²) in [5, 5.41) is 17.9. The topological polar surface area (TPSA) is 66.8 Å². The predicted octanol–water partition coefficient (Wildman–Crippen LogP) is 7.38. The third-order valence-corrected chi connectivity index (χ3v) is 7.82. The van der Waals surface area contributed by atoms with Crippen LogP contribution in [-0.2, 0) is 16.6 Å². The molecule has 0 spiro atoms. The Kier molecular flexibility index (Phi) is 10.4. The van der Waals surface area contributed by atoms with E-state index in [9.17, 15) is 5.11 Å². The van der Waals surface area contributed by atoms with Crippen LogP contribution < -0.4 is 4.74 Å². The van der Waals surface area contributed by atoms with Crippen molar-refractivity contribution in [3.8, 4) is 5.75 Å². The molecule has 0 amide bonds. The maximum Gasteiger partial charge on any atom is 0.300 e. The highest BCUT2D eigenvalue weighted by molar-refractivity contribution is 5.63. The normalized spacial score (nSPS) is 15.1. The molecular formula is C31H46O4. The Morgan fingerprint density at radius 1 is 1.03 bits per heavy atom. The lowest BCUT2D eigenvalue weighted by molar-refractivity contribution is -0.134. The summed E-state index contributed by atoms with van der Waals surface area (Å²) in [5.41, 5.74) is 6.90. The molecule has 0 aromatic heterocycles. The monoisotopic (exact) mass is 482 g/mol. The van der Waals surface area contributed by atoms with E-state index in [0.29, 0.717) is 0 Å². The number of aliphatic hydroxyl groups excluding tert-OH is 1. The average molecular weight is 483 g/mol. The van der Waals surface area contributed by atoms with Gasteiger partial charge in [0.15, 0.2) is 0 Å². The van der Waals surface area contributed by atoms with E-state index in [-0.39, 0.29) is 16.9 Å². The second-order valence-corrected chi connectivity index (χ2v) is 10.5. The number of carboxylic acid groups (broad SMARTS) is 1. The summed E-state index contributed by atoms with van der Waals surface area (Å²) in [6, 6.07) is 13.8. The molecule has 2 N–H and O–H groups in total. The van der Waals surface area contributed by atoms with Crippen molar-refractivity contribution in [2.45, 2.75) is 105 Å². The van der Waals surface area contributed by atoms with E-state index in [1.165, 1.54) is 40.7 Å². The summed E-state index contributed by atoms with van der Waals surface area (Å²) in [6.45, 7) is 15.2. The Balaban J connectivity index is 0.00000100. The number of carboxylic acids is 1. The predicted molar refractivity (Wildman–Crippen MR) is 144 cm³/mol. The van der Waals surface area contributed by atoms with Gasteiger partial charge in [0.1, 0.15) is 5.75 Å². The second kappa shape index (κ2) is 12.6. The molecule has 3 rings (SSSR count). The molecule has 1 unspecified atom stereocenters. The molecule has 4 nitrogen and oxygen atoms in total. The van der Waals surface area contributed by atoms with Crippen LogP contribution in [0.4, 0.5) is 0 Å². The van der Waals surface area contributed by atoms with Crippen LogP contribution in [0.1, 0.15) is 101 Å². The highest BCUT2D eigenvalue weighted by atomic mass is 16.5. The molecule has 1 aliphatic carbocycles. The van der Waals surface area contributed by atoms with Gasteiger partial charge in [0.05, 0.1) is 12.7 Å². The van der Waals surface area contributed by atoms with Crippen LogP contribution in [-0.4, -0.2) is 28.9 Å². The van der Waals surface area contributed by atoms with Crippen LogP contribution in [0.3, 0.4) is 0 Å². The minimum absolute atomic E-state index is 0.0122. The molecule has 0 heterocycles. The summed E-state index contributed by atoms with van der Waals surface area (Å²) >= 11 is 0. The molecule has 4 heteroatoms. The average Bonchev–Trinajstić information content (AvgIpc) is 3.57. The van der Waals surface area contributed by atoms with Crippen LogP contribution in [0.25, 0.3) is 0 Å². The Morgan fingerprint density at radius 3 is 2.03 bits per heavy atom. The molecule has 0 radical (unpaired) electrons. The van der Waals surface area contributed by atoms with Crippen LogP contribution in [0.2, 0.25) is 0 Å². The molecule has 0 saturated heterocycles. The fourth-order valence-corrected chi connectivity index (χ4v) is 5.00. The third-order valence-electron chi connectivity index (χ3n) is 7.82. The maximum absolute atomic E-state index is 10.5. The number of aliphatic carboxylic acids is 1. The van der Waals surface area contributed by atoms with Crippen molar-refractivity contribution >= 4 is 5.97 Å². The standard InChI is InChI=1S/C29H42O2.C2H4O2/c1-7-18-31-26-14-13-25(20-22(26)5)29(8-2,9-3)24-12-10-23(21(4)19-24)11-15-27(30)28(6)16-17-28;1-2(3)4/h10,12-14,19-20,27,30H,7-9,11,15-18H2,1-6H3;1H3,(H,3,4). The van der Waals surface area contributed by atoms with Gasteiger partial charge in [0.2, 0.25) is 0 Å². The van der Waals surface area contributed by atoms with E-state index >= 15 is 0 Å². The fourth-order valence-electron chi connectivity index (χ4n) is 5.00. The highest BCUT2D eigenvalue weighted by Crippen LogP contribution is 2.49. The number of benzene rings is 2. The lowest BCUT2D eigenvalue weighted by Crippen LogP contribution is -2.26. The van der Waals surface area contributed by atoms with Gasteiger partial charge >= 0.3 is 0 Å². The number of rotatable bonds is 11. The summed E-state index contributed by atoms with van der Waals surface area (Å²) in [5.74, 6) is 0.168. The van der Waals surface area contributed by atoms with Gasteiger partial charge in [-0.1, -0.05) is 58.0 Å². The summed E-state index contributed by atoms with van der Waals surface area (Å²) in [6.07, 6.45) is 7.14. The first-order chi connectivity index (χ1) is 16.5. The van der Waals surface area contributed by atoms with E-state index in [4.69, 9.17) is 14.6 Å². The van der Waals surface area contributed by atoms with Gasteiger partial charge in [0, 0.05) is 12.3 Å². The van der Waals surface area contributed by atoms with Gasteiger partial charge in [0.25, 0.3) is 5.97 Å². The van der Waals surface area contributed by atoms with Gasteiger partial charge < -0.3 is 14.9 Å². The zero-order valence-corrected chi connectivity index (χ0v) is 22.9. The number of hydrogen-bond donors (Lipinski definition) is 2. The number of ether oxygens (including phenoxy) is 1. The Labute approximate surface area is 212 Å².